The van der Waals surface area contributed by atoms with Crippen molar-refractivity contribution in [2.24, 2.45) is 0 Å². The molecule has 0 atom stereocenters. The highest BCUT2D eigenvalue weighted by atomic mass is 16.5. The van der Waals surface area contributed by atoms with E-state index in [1.54, 1.807) is 0 Å². The first-order valence-electron chi connectivity index (χ1n) is 9.66. The zero-order valence-electron chi connectivity index (χ0n) is 16.7. The number of amides is 1. The molecule has 1 amide bonds. The molecule has 0 saturated carbocycles. The minimum absolute atomic E-state index is 0.0129. The van der Waals surface area contributed by atoms with E-state index in [1.807, 2.05) is 56.0 Å². The van der Waals surface area contributed by atoms with Crippen LogP contribution in [0.25, 0.3) is 0 Å². The minimum atomic E-state index is -0.0129. The molecule has 7 heteroatoms. The summed E-state index contributed by atoms with van der Waals surface area (Å²) in [6, 6.07) is 9.13. The van der Waals surface area contributed by atoms with Crippen LogP contribution in [0.4, 0.5) is 0 Å². The van der Waals surface area contributed by atoms with Gasteiger partial charge in [-0.25, -0.2) is 4.98 Å². The number of ether oxygens (including phenoxy) is 3. The number of hydrogen-bond donors (Lipinski definition) is 0. The third-order valence-electron chi connectivity index (χ3n) is 4.52. The maximum Gasteiger partial charge on any atom is 0.260 e. The molecule has 3 rings (SSSR count). The van der Waals surface area contributed by atoms with E-state index in [4.69, 9.17) is 14.2 Å². The molecule has 1 aromatic heterocycles. The Hall–Kier alpha value is -2.83. The molecule has 1 fully saturated rings. The van der Waals surface area contributed by atoms with Crippen molar-refractivity contribution in [1.29, 1.82) is 0 Å². The lowest BCUT2D eigenvalue weighted by atomic mass is 10.1. The van der Waals surface area contributed by atoms with Gasteiger partial charge in [-0.05, 0) is 45.0 Å². The first-order valence-corrected chi connectivity index (χ1v) is 9.66. The summed E-state index contributed by atoms with van der Waals surface area (Å²) in [5.41, 5.74) is 0.890. The first kappa shape index (κ1) is 19.9. The van der Waals surface area contributed by atoms with Crippen LogP contribution in [-0.4, -0.2) is 53.2 Å². The molecule has 2 heterocycles. The van der Waals surface area contributed by atoms with Crippen molar-refractivity contribution in [2.45, 2.75) is 39.7 Å². The maximum absolute atomic E-state index is 12.4. The molecule has 0 bridgehead atoms. The van der Waals surface area contributed by atoms with E-state index in [-0.39, 0.29) is 18.6 Å². The minimum Gasteiger partial charge on any atom is -0.494 e. The normalized spacial score (nSPS) is 14.6. The Morgan fingerprint density at radius 1 is 1.07 bits per heavy atom. The Balaban J connectivity index is 1.43. The Bertz CT molecular complexity index is 766. The molecule has 1 saturated heterocycles. The van der Waals surface area contributed by atoms with Gasteiger partial charge in [-0.3, -0.25) is 4.79 Å². The summed E-state index contributed by atoms with van der Waals surface area (Å²) in [6.07, 6.45) is 1.61. The molecule has 1 aromatic carbocycles. The fourth-order valence-electron chi connectivity index (χ4n) is 3.17. The summed E-state index contributed by atoms with van der Waals surface area (Å²) in [5, 5.41) is 0. The predicted molar refractivity (Wildman–Crippen MR) is 105 cm³/mol. The summed E-state index contributed by atoms with van der Waals surface area (Å²) >= 11 is 0. The molecule has 150 valence electrons. The van der Waals surface area contributed by atoms with Crippen molar-refractivity contribution in [1.82, 2.24) is 14.9 Å². The summed E-state index contributed by atoms with van der Waals surface area (Å²) in [6.45, 7) is 7.67. The Morgan fingerprint density at radius 3 is 2.32 bits per heavy atom. The van der Waals surface area contributed by atoms with Crippen LogP contribution in [0.2, 0.25) is 0 Å². The topological polar surface area (TPSA) is 73.8 Å². The molecule has 1 aliphatic heterocycles. The third kappa shape index (κ3) is 5.58. The van der Waals surface area contributed by atoms with Gasteiger partial charge >= 0.3 is 0 Å². The average Bonchev–Trinajstić information content (AvgIpc) is 2.67. The number of carbonyl (C=O) groups is 1. The smallest absolute Gasteiger partial charge is 0.260 e. The second-order valence-electron chi connectivity index (χ2n) is 6.79. The largest absolute Gasteiger partial charge is 0.494 e. The van der Waals surface area contributed by atoms with Crippen LogP contribution in [0.1, 0.15) is 31.3 Å². The van der Waals surface area contributed by atoms with Crippen LogP contribution >= 0.6 is 0 Å². The quantitative estimate of drug-likeness (QED) is 0.730. The van der Waals surface area contributed by atoms with E-state index in [9.17, 15) is 4.79 Å². The van der Waals surface area contributed by atoms with Gasteiger partial charge in [0.15, 0.2) is 6.61 Å². The standard InChI is InChI=1S/C21H27N3O4/c1-4-26-17-5-7-18(8-6-17)27-14-21(25)24-11-9-19(10-12-24)28-20-13-15(2)22-16(3)23-20/h5-8,13,19H,4,9-12,14H2,1-3H3. The summed E-state index contributed by atoms with van der Waals surface area (Å²) in [4.78, 5) is 22.8. The van der Waals surface area contributed by atoms with Gasteiger partial charge in [0.1, 0.15) is 23.4 Å². The van der Waals surface area contributed by atoms with Crippen LogP contribution in [0, 0.1) is 13.8 Å². The van der Waals surface area contributed by atoms with E-state index in [2.05, 4.69) is 9.97 Å². The molecule has 2 aromatic rings. The number of benzene rings is 1. The highest BCUT2D eigenvalue weighted by molar-refractivity contribution is 5.77. The van der Waals surface area contributed by atoms with Gasteiger partial charge < -0.3 is 19.1 Å². The van der Waals surface area contributed by atoms with Crippen LogP contribution in [0.5, 0.6) is 17.4 Å². The number of hydrogen-bond acceptors (Lipinski definition) is 6. The second kappa shape index (κ2) is 9.39. The first-order chi connectivity index (χ1) is 13.5. The monoisotopic (exact) mass is 385 g/mol. The summed E-state index contributed by atoms with van der Waals surface area (Å²) in [7, 11) is 0. The number of likely N-dealkylation sites (tertiary alicyclic amines) is 1. The number of aromatic nitrogens is 2. The van der Waals surface area contributed by atoms with Crippen molar-refractivity contribution in [3.63, 3.8) is 0 Å². The van der Waals surface area contributed by atoms with E-state index in [0.29, 0.717) is 37.2 Å². The van der Waals surface area contributed by atoms with E-state index >= 15 is 0 Å². The zero-order valence-corrected chi connectivity index (χ0v) is 16.7. The lowest BCUT2D eigenvalue weighted by Crippen LogP contribution is -2.43. The number of nitrogens with zero attached hydrogens (tertiary/aromatic N) is 3. The molecule has 0 spiro atoms. The Labute approximate surface area is 165 Å². The van der Waals surface area contributed by atoms with Crippen molar-refractivity contribution in [2.75, 3.05) is 26.3 Å². The van der Waals surface area contributed by atoms with Gasteiger partial charge in [-0.1, -0.05) is 0 Å². The van der Waals surface area contributed by atoms with Gasteiger partial charge in [0, 0.05) is 37.7 Å². The highest BCUT2D eigenvalue weighted by Crippen LogP contribution is 2.20. The molecule has 0 aliphatic carbocycles. The molecule has 0 unspecified atom stereocenters. The molecule has 7 nitrogen and oxygen atoms in total. The van der Waals surface area contributed by atoms with Crippen LogP contribution in [0.15, 0.2) is 30.3 Å². The Kier molecular flexibility index (Phi) is 6.68. The van der Waals surface area contributed by atoms with Crippen molar-refractivity contribution >= 4 is 5.91 Å². The molecule has 0 N–H and O–H groups in total. The number of aryl methyl sites for hydroxylation is 2. The lowest BCUT2D eigenvalue weighted by Gasteiger charge is -2.32. The predicted octanol–water partition coefficient (Wildman–Crippen LogP) is 2.94. The second-order valence-corrected chi connectivity index (χ2v) is 6.79. The Morgan fingerprint density at radius 2 is 1.71 bits per heavy atom. The van der Waals surface area contributed by atoms with Gasteiger partial charge in [0.25, 0.3) is 5.91 Å². The van der Waals surface area contributed by atoms with Gasteiger partial charge in [0.2, 0.25) is 5.88 Å². The van der Waals surface area contributed by atoms with Crippen LogP contribution < -0.4 is 14.2 Å². The fraction of sp³-hybridized carbons (Fsp3) is 0.476. The van der Waals surface area contributed by atoms with Crippen LogP contribution in [0.3, 0.4) is 0 Å². The molecule has 28 heavy (non-hydrogen) atoms. The van der Waals surface area contributed by atoms with Crippen molar-refractivity contribution in [3.05, 3.63) is 41.9 Å². The van der Waals surface area contributed by atoms with E-state index < -0.39 is 0 Å². The molecular weight excluding hydrogens is 358 g/mol. The van der Waals surface area contributed by atoms with E-state index in [1.165, 1.54) is 0 Å². The number of piperidine rings is 1. The fourth-order valence-corrected chi connectivity index (χ4v) is 3.17. The van der Waals surface area contributed by atoms with Crippen molar-refractivity contribution in [3.8, 4) is 17.4 Å². The average molecular weight is 385 g/mol. The number of rotatable bonds is 7. The molecule has 0 radical (unpaired) electrons. The number of carbonyl (C=O) groups excluding carboxylic acids is 1. The van der Waals surface area contributed by atoms with Gasteiger partial charge in [0.05, 0.1) is 6.61 Å². The van der Waals surface area contributed by atoms with Gasteiger partial charge in [-0.15, -0.1) is 0 Å². The highest BCUT2D eigenvalue weighted by Gasteiger charge is 2.24. The van der Waals surface area contributed by atoms with Gasteiger partial charge in [-0.2, -0.15) is 4.98 Å². The summed E-state index contributed by atoms with van der Waals surface area (Å²) in [5.74, 6) is 2.74. The van der Waals surface area contributed by atoms with E-state index in [0.717, 1.165) is 24.3 Å². The maximum atomic E-state index is 12.4. The SMILES string of the molecule is CCOc1ccc(OCC(=O)N2CCC(Oc3cc(C)nc(C)n3)CC2)cc1. The third-order valence-corrected chi connectivity index (χ3v) is 4.52. The van der Waals surface area contributed by atoms with Crippen LogP contribution in [-0.2, 0) is 4.79 Å². The van der Waals surface area contributed by atoms with Crippen molar-refractivity contribution < 1.29 is 19.0 Å². The summed E-state index contributed by atoms with van der Waals surface area (Å²) < 4.78 is 17.0. The molecular formula is C21H27N3O4. The molecule has 1 aliphatic rings. The zero-order chi connectivity index (χ0) is 19.9. The lowest BCUT2D eigenvalue weighted by molar-refractivity contribution is -0.135.